The predicted molar refractivity (Wildman–Crippen MR) is 68.3 cm³/mol. The fourth-order valence-corrected chi connectivity index (χ4v) is 3.87. The van der Waals surface area contributed by atoms with Gasteiger partial charge in [0.1, 0.15) is 0 Å². The lowest BCUT2D eigenvalue weighted by Crippen LogP contribution is -2.53. The summed E-state index contributed by atoms with van der Waals surface area (Å²) in [4.78, 5) is 0. The van der Waals surface area contributed by atoms with Crippen LogP contribution in [0.3, 0.4) is 0 Å². The second kappa shape index (κ2) is 6.13. The molecule has 0 aromatic carbocycles. The Hall–Kier alpha value is -0.170. The van der Waals surface area contributed by atoms with Crippen molar-refractivity contribution in [2.45, 2.75) is 38.1 Å². The molecule has 1 aliphatic rings. The number of hydrogen-bond donors (Lipinski definition) is 1. The van der Waals surface area contributed by atoms with Crippen LogP contribution in [0, 0.1) is 0 Å². The molecule has 0 unspecified atom stereocenters. The van der Waals surface area contributed by atoms with Gasteiger partial charge in [0.05, 0.1) is 12.4 Å². The van der Waals surface area contributed by atoms with Crippen LogP contribution < -0.4 is 5.73 Å². The van der Waals surface area contributed by atoms with Crippen molar-refractivity contribution in [3.8, 4) is 0 Å². The third-order valence-corrected chi connectivity index (χ3v) is 5.59. The van der Waals surface area contributed by atoms with Crippen LogP contribution in [0.2, 0.25) is 0 Å². The van der Waals surface area contributed by atoms with Crippen LogP contribution in [0.25, 0.3) is 0 Å². The molecule has 2 N–H and O–H groups in total. The smallest absolute Gasteiger partial charge is 0.216 e. The molecule has 0 aliphatic heterocycles. The van der Waals surface area contributed by atoms with E-state index >= 15 is 0 Å². The number of likely N-dealkylation sites (N-methyl/N-ethyl adjacent to an activating group) is 1. The topological polar surface area (TPSA) is 72.6 Å². The summed E-state index contributed by atoms with van der Waals surface area (Å²) in [5.74, 6) is 0.0408. The van der Waals surface area contributed by atoms with Crippen molar-refractivity contribution in [3.63, 3.8) is 0 Å². The molecule has 17 heavy (non-hydrogen) atoms. The van der Waals surface area contributed by atoms with E-state index < -0.39 is 10.0 Å². The molecule has 5 nitrogen and oxygen atoms in total. The number of hydrogen-bond acceptors (Lipinski definition) is 4. The molecule has 1 rings (SSSR count). The fraction of sp³-hybridized carbons (Fsp3) is 1.00. The van der Waals surface area contributed by atoms with Crippen LogP contribution in [-0.4, -0.2) is 50.8 Å². The van der Waals surface area contributed by atoms with Gasteiger partial charge in [-0.15, -0.1) is 0 Å². The Labute approximate surface area is 104 Å². The Morgan fingerprint density at radius 1 is 1.35 bits per heavy atom. The minimum absolute atomic E-state index is 0.0408. The molecule has 1 fully saturated rings. The third kappa shape index (κ3) is 3.40. The molecule has 0 aromatic rings. The van der Waals surface area contributed by atoms with Crippen molar-refractivity contribution >= 4 is 10.0 Å². The summed E-state index contributed by atoms with van der Waals surface area (Å²) in [6.45, 7) is 3.05. The summed E-state index contributed by atoms with van der Waals surface area (Å²) in [5, 5.41) is 0. The van der Waals surface area contributed by atoms with Gasteiger partial charge in [0.25, 0.3) is 0 Å². The summed E-state index contributed by atoms with van der Waals surface area (Å²) in [7, 11) is -1.61. The molecule has 0 heterocycles. The zero-order chi connectivity index (χ0) is 12.9. The molecule has 0 bridgehead atoms. The maximum atomic E-state index is 12.1. The van der Waals surface area contributed by atoms with E-state index in [9.17, 15) is 8.42 Å². The molecule has 0 aromatic heterocycles. The van der Waals surface area contributed by atoms with Crippen LogP contribution in [0.15, 0.2) is 0 Å². The number of nitrogens with zero attached hydrogens (tertiary/aromatic N) is 1. The maximum Gasteiger partial charge on any atom is 0.216 e. The molecule has 1 saturated carbocycles. The van der Waals surface area contributed by atoms with Gasteiger partial charge in [-0.1, -0.05) is 12.8 Å². The first-order chi connectivity index (χ1) is 7.98. The minimum Gasteiger partial charge on any atom is -0.381 e. The Morgan fingerprint density at radius 2 is 1.94 bits per heavy atom. The number of rotatable bonds is 7. The van der Waals surface area contributed by atoms with E-state index in [0.717, 1.165) is 25.7 Å². The van der Waals surface area contributed by atoms with Crippen molar-refractivity contribution in [1.29, 1.82) is 0 Å². The van der Waals surface area contributed by atoms with Gasteiger partial charge in [0, 0.05) is 25.7 Å². The van der Waals surface area contributed by atoms with E-state index in [1.807, 2.05) is 6.92 Å². The molecule has 102 valence electrons. The van der Waals surface area contributed by atoms with E-state index in [0.29, 0.717) is 13.2 Å². The lowest BCUT2D eigenvalue weighted by Gasteiger charge is -2.36. The van der Waals surface area contributed by atoms with Gasteiger partial charge in [0.15, 0.2) is 0 Å². The van der Waals surface area contributed by atoms with Crippen molar-refractivity contribution in [3.05, 3.63) is 0 Å². The monoisotopic (exact) mass is 264 g/mol. The fourth-order valence-electron chi connectivity index (χ4n) is 2.42. The standard InChI is InChI=1S/C11H24N2O3S/c1-3-16-8-9-17(14,15)13(2)11(10-12)6-4-5-7-11/h3-10,12H2,1-2H3. The second-order valence-corrected chi connectivity index (χ2v) is 6.74. The Bertz CT molecular complexity index is 324. The van der Waals surface area contributed by atoms with Crippen LogP contribution in [0.4, 0.5) is 0 Å². The summed E-state index contributed by atoms with van der Waals surface area (Å²) >= 11 is 0. The highest BCUT2D eigenvalue weighted by molar-refractivity contribution is 7.89. The summed E-state index contributed by atoms with van der Waals surface area (Å²) < 4.78 is 30.9. The van der Waals surface area contributed by atoms with E-state index in [1.54, 1.807) is 7.05 Å². The molecule has 0 radical (unpaired) electrons. The molecule has 0 spiro atoms. The van der Waals surface area contributed by atoms with E-state index in [4.69, 9.17) is 10.5 Å². The van der Waals surface area contributed by atoms with Gasteiger partial charge in [0.2, 0.25) is 10.0 Å². The molecular formula is C11H24N2O3S. The van der Waals surface area contributed by atoms with Gasteiger partial charge in [-0.05, 0) is 19.8 Å². The Morgan fingerprint density at radius 3 is 2.41 bits per heavy atom. The van der Waals surface area contributed by atoms with Crippen LogP contribution in [0.1, 0.15) is 32.6 Å². The first kappa shape index (κ1) is 14.9. The average Bonchev–Trinajstić information content (AvgIpc) is 2.78. The van der Waals surface area contributed by atoms with Crippen LogP contribution in [0.5, 0.6) is 0 Å². The van der Waals surface area contributed by atoms with Gasteiger partial charge in [-0.25, -0.2) is 8.42 Å². The number of ether oxygens (including phenoxy) is 1. The average molecular weight is 264 g/mol. The summed E-state index contributed by atoms with van der Waals surface area (Å²) in [5.41, 5.74) is 5.43. The Kier molecular flexibility index (Phi) is 5.37. The number of sulfonamides is 1. The van der Waals surface area contributed by atoms with E-state index in [2.05, 4.69) is 0 Å². The SMILES string of the molecule is CCOCCS(=O)(=O)N(C)C1(CN)CCCC1. The largest absolute Gasteiger partial charge is 0.381 e. The molecule has 0 amide bonds. The third-order valence-electron chi connectivity index (χ3n) is 3.69. The first-order valence-electron chi connectivity index (χ1n) is 6.23. The van der Waals surface area contributed by atoms with Gasteiger partial charge < -0.3 is 10.5 Å². The number of nitrogens with two attached hydrogens (primary N) is 1. The molecule has 1 aliphatic carbocycles. The quantitative estimate of drug-likeness (QED) is 0.682. The summed E-state index contributed by atoms with van der Waals surface area (Å²) in [6, 6.07) is 0. The van der Waals surface area contributed by atoms with Crippen molar-refractivity contribution in [1.82, 2.24) is 4.31 Å². The van der Waals surface area contributed by atoms with Gasteiger partial charge >= 0.3 is 0 Å². The Balaban J connectivity index is 2.69. The highest BCUT2D eigenvalue weighted by Crippen LogP contribution is 2.35. The normalized spacial score (nSPS) is 20.0. The molecular weight excluding hydrogens is 240 g/mol. The van der Waals surface area contributed by atoms with Crippen LogP contribution in [-0.2, 0) is 14.8 Å². The predicted octanol–water partition coefficient (Wildman–Crippen LogP) is 0.556. The summed E-state index contributed by atoms with van der Waals surface area (Å²) in [6.07, 6.45) is 3.85. The van der Waals surface area contributed by atoms with Crippen LogP contribution >= 0.6 is 0 Å². The molecule has 6 heteroatoms. The van der Waals surface area contributed by atoms with Gasteiger partial charge in [-0.3, -0.25) is 0 Å². The zero-order valence-electron chi connectivity index (χ0n) is 10.8. The lowest BCUT2D eigenvalue weighted by atomic mass is 9.98. The first-order valence-corrected chi connectivity index (χ1v) is 7.84. The highest BCUT2D eigenvalue weighted by Gasteiger charge is 2.41. The zero-order valence-corrected chi connectivity index (χ0v) is 11.6. The minimum atomic E-state index is -3.26. The van der Waals surface area contributed by atoms with E-state index in [1.165, 1.54) is 4.31 Å². The molecule has 0 saturated heterocycles. The van der Waals surface area contributed by atoms with Crippen molar-refractivity contribution in [2.24, 2.45) is 5.73 Å². The maximum absolute atomic E-state index is 12.1. The van der Waals surface area contributed by atoms with Crippen molar-refractivity contribution < 1.29 is 13.2 Å². The highest BCUT2D eigenvalue weighted by atomic mass is 32.2. The van der Waals surface area contributed by atoms with Crippen molar-refractivity contribution in [2.75, 3.05) is 32.6 Å². The molecule has 0 atom stereocenters. The van der Waals surface area contributed by atoms with Gasteiger partial charge in [-0.2, -0.15) is 4.31 Å². The lowest BCUT2D eigenvalue weighted by molar-refractivity contribution is 0.160. The van der Waals surface area contributed by atoms with E-state index in [-0.39, 0.29) is 17.9 Å². The second-order valence-electron chi connectivity index (χ2n) is 4.62.